The van der Waals surface area contributed by atoms with Gasteiger partial charge in [-0.25, -0.2) is 8.42 Å². The van der Waals surface area contributed by atoms with E-state index in [2.05, 4.69) is 45.0 Å². The first-order valence-corrected chi connectivity index (χ1v) is 20.9. The molecule has 1 aromatic heterocycles. The lowest BCUT2D eigenvalue weighted by Crippen LogP contribution is -2.52. The molecule has 6 rings (SSSR count). The zero-order valence-corrected chi connectivity index (χ0v) is 30.2. The Labute approximate surface area is 287 Å². The Morgan fingerprint density at radius 2 is 1.47 bits per heavy atom. The zero-order valence-electron chi connectivity index (χ0n) is 28.5. The van der Waals surface area contributed by atoms with E-state index in [0.717, 1.165) is 66.3 Å². The molecule has 47 heavy (non-hydrogen) atoms. The van der Waals surface area contributed by atoms with E-state index in [9.17, 15) is 8.42 Å². The second kappa shape index (κ2) is 16.4. The number of rotatable bonds is 13. The molecular formula is C38H54N4O3S2. The Morgan fingerprint density at radius 1 is 0.809 bits per heavy atom. The third-order valence-corrected chi connectivity index (χ3v) is 13.2. The van der Waals surface area contributed by atoms with Crippen LogP contribution >= 0.6 is 11.8 Å². The maximum atomic E-state index is 14.3. The van der Waals surface area contributed by atoms with Crippen LogP contribution in [0.3, 0.4) is 0 Å². The number of likely N-dealkylation sites (tertiary alicyclic amines) is 2. The quantitative estimate of drug-likeness (QED) is 0.133. The minimum Gasteiger partial charge on any atom is -0.494 e. The van der Waals surface area contributed by atoms with Crippen molar-refractivity contribution in [1.29, 1.82) is 0 Å². The largest absolute Gasteiger partial charge is 0.494 e. The summed E-state index contributed by atoms with van der Waals surface area (Å²) < 4.78 is 34.6. The number of nitrogens with zero attached hydrogens (tertiary/aromatic N) is 4. The van der Waals surface area contributed by atoms with Gasteiger partial charge < -0.3 is 19.4 Å². The van der Waals surface area contributed by atoms with Crippen molar-refractivity contribution in [2.75, 3.05) is 57.0 Å². The van der Waals surface area contributed by atoms with Crippen LogP contribution in [0.4, 0.5) is 5.69 Å². The van der Waals surface area contributed by atoms with Gasteiger partial charge in [0.2, 0.25) is 9.84 Å². The molecule has 3 saturated heterocycles. The minimum absolute atomic E-state index is 0.280. The van der Waals surface area contributed by atoms with E-state index in [-0.39, 0.29) is 4.90 Å². The van der Waals surface area contributed by atoms with Crippen LogP contribution in [-0.2, 0) is 9.84 Å². The topological polar surface area (TPSA) is 66.0 Å². The summed E-state index contributed by atoms with van der Waals surface area (Å²) in [5.74, 6) is 0.711. The van der Waals surface area contributed by atoms with Gasteiger partial charge in [0.25, 0.3) is 0 Å². The maximum absolute atomic E-state index is 14.3. The van der Waals surface area contributed by atoms with Crippen LogP contribution in [0.5, 0.6) is 5.75 Å². The van der Waals surface area contributed by atoms with Crippen LogP contribution in [0.15, 0.2) is 63.3 Å². The number of aromatic nitrogens is 1. The number of ether oxygens (including phenoxy) is 1. The van der Waals surface area contributed by atoms with Gasteiger partial charge in [0.1, 0.15) is 10.6 Å². The summed E-state index contributed by atoms with van der Waals surface area (Å²) >= 11 is 1.67. The molecule has 0 aliphatic carbocycles. The van der Waals surface area contributed by atoms with Gasteiger partial charge in [0.05, 0.1) is 22.7 Å². The van der Waals surface area contributed by atoms with Crippen molar-refractivity contribution >= 4 is 38.2 Å². The first-order valence-electron chi connectivity index (χ1n) is 18.2. The molecule has 7 nitrogen and oxygen atoms in total. The van der Waals surface area contributed by atoms with Crippen molar-refractivity contribution in [2.45, 2.75) is 111 Å². The van der Waals surface area contributed by atoms with Crippen LogP contribution in [0.2, 0.25) is 0 Å². The fourth-order valence-electron chi connectivity index (χ4n) is 7.88. The summed E-state index contributed by atoms with van der Waals surface area (Å²) in [6, 6.07) is 14.5. The molecular weight excluding hydrogens is 625 g/mol. The summed E-state index contributed by atoms with van der Waals surface area (Å²) in [6.45, 7) is 9.47. The molecule has 0 N–H and O–H groups in total. The van der Waals surface area contributed by atoms with E-state index < -0.39 is 9.84 Å². The summed E-state index contributed by atoms with van der Waals surface area (Å²) in [4.78, 5) is 14.2. The number of sulfone groups is 1. The average molecular weight is 679 g/mol. The molecule has 0 bridgehead atoms. The second-order valence-corrected chi connectivity index (χ2v) is 16.5. The molecule has 3 aromatic rings. The van der Waals surface area contributed by atoms with E-state index in [1.807, 2.05) is 6.07 Å². The fraction of sp³-hybridized carbons (Fsp3) is 0.605. The highest BCUT2D eigenvalue weighted by Crippen LogP contribution is 2.39. The number of unbranched alkanes of at least 4 members (excludes halogenated alkanes) is 4. The van der Waals surface area contributed by atoms with Crippen molar-refractivity contribution in [3.63, 3.8) is 0 Å². The Bertz CT molecular complexity index is 1540. The lowest BCUT2D eigenvalue weighted by molar-refractivity contribution is 0.0654. The van der Waals surface area contributed by atoms with Crippen molar-refractivity contribution in [3.8, 4) is 5.75 Å². The van der Waals surface area contributed by atoms with Crippen LogP contribution in [0.1, 0.15) is 84.0 Å². The third kappa shape index (κ3) is 8.28. The Hall–Kier alpha value is -2.33. The van der Waals surface area contributed by atoms with Gasteiger partial charge in [0.15, 0.2) is 0 Å². The van der Waals surface area contributed by atoms with Gasteiger partial charge in [-0.05, 0) is 120 Å². The van der Waals surface area contributed by atoms with Crippen molar-refractivity contribution in [2.24, 2.45) is 0 Å². The molecule has 256 valence electrons. The predicted molar refractivity (Wildman–Crippen MR) is 195 cm³/mol. The molecule has 0 atom stereocenters. The Balaban J connectivity index is 1.17. The highest BCUT2D eigenvalue weighted by molar-refractivity contribution is 7.98. The maximum Gasteiger partial charge on any atom is 0.210 e. The molecule has 3 aliphatic rings. The average Bonchev–Trinajstić information content (AvgIpc) is 3.13. The van der Waals surface area contributed by atoms with Crippen LogP contribution < -0.4 is 9.64 Å². The summed E-state index contributed by atoms with van der Waals surface area (Å²) in [6.07, 6.45) is 18.3. The number of anilines is 1. The molecule has 9 heteroatoms. The number of hydrogen-bond acceptors (Lipinski definition) is 8. The van der Waals surface area contributed by atoms with E-state index in [1.165, 1.54) is 77.5 Å². The normalized spacial score (nSPS) is 19.4. The molecule has 2 aromatic carbocycles. The Kier molecular flexibility index (Phi) is 12.0. The lowest BCUT2D eigenvalue weighted by atomic mass is 9.95. The van der Waals surface area contributed by atoms with E-state index in [0.29, 0.717) is 23.3 Å². The van der Waals surface area contributed by atoms with Crippen LogP contribution in [0, 0.1) is 0 Å². The number of piperidine rings is 3. The molecule has 4 heterocycles. The van der Waals surface area contributed by atoms with E-state index in [1.54, 1.807) is 42.2 Å². The van der Waals surface area contributed by atoms with Gasteiger partial charge in [-0.15, -0.1) is 11.8 Å². The molecule has 3 fully saturated rings. The van der Waals surface area contributed by atoms with Crippen molar-refractivity contribution < 1.29 is 13.2 Å². The highest BCUT2D eigenvalue weighted by Gasteiger charge is 2.33. The SMILES string of the molecule is CCCCCCCOc1ccc(S(=O)(=O)c2cnc3ccc(SC)cc3c2N2CCC(N3CCC(N4CCCCC4)CC3)CC2)cc1. The van der Waals surface area contributed by atoms with E-state index >= 15 is 0 Å². The predicted octanol–water partition coefficient (Wildman–Crippen LogP) is 8.06. The van der Waals surface area contributed by atoms with Gasteiger partial charge in [-0.3, -0.25) is 4.98 Å². The number of pyridine rings is 1. The Morgan fingerprint density at radius 3 is 2.15 bits per heavy atom. The monoisotopic (exact) mass is 678 g/mol. The molecule has 0 amide bonds. The number of hydrogen-bond donors (Lipinski definition) is 0. The summed E-state index contributed by atoms with van der Waals surface area (Å²) in [7, 11) is -3.81. The van der Waals surface area contributed by atoms with E-state index in [4.69, 9.17) is 4.74 Å². The molecule has 0 saturated carbocycles. The van der Waals surface area contributed by atoms with Gasteiger partial charge in [0, 0.05) is 41.7 Å². The van der Waals surface area contributed by atoms with Gasteiger partial charge >= 0.3 is 0 Å². The lowest BCUT2D eigenvalue weighted by Gasteiger charge is -2.45. The first kappa shape index (κ1) is 34.5. The fourth-order valence-corrected chi connectivity index (χ4v) is 9.75. The van der Waals surface area contributed by atoms with Gasteiger partial charge in [-0.2, -0.15) is 0 Å². The summed E-state index contributed by atoms with van der Waals surface area (Å²) in [5.41, 5.74) is 1.64. The number of fused-ring (bicyclic) bond motifs is 1. The van der Waals surface area contributed by atoms with Gasteiger partial charge in [-0.1, -0.05) is 39.0 Å². The third-order valence-electron chi connectivity index (χ3n) is 10.7. The summed E-state index contributed by atoms with van der Waals surface area (Å²) in [5, 5.41) is 0.918. The molecule has 0 unspecified atom stereocenters. The molecule has 3 aliphatic heterocycles. The first-order chi connectivity index (χ1) is 23.0. The number of benzene rings is 2. The number of thioether (sulfide) groups is 1. The molecule has 0 spiro atoms. The van der Waals surface area contributed by atoms with Crippen LogP contribution in [0.25, 0.3) is 10.9 Å². The molecule has 0 radical (unpaired) electrons. The highest BCUT2D eigenvalue weighted by atomic mass is 32.2. The standard InChI is InChI=1S/C38H54N4O3S2/c1-3-4-5-6-10-27-45-32-11-14-34(15-12-32)47(43,44)37-29-39-36-16-13-33(46-2)28-35(36)38(37)42-25-19-31(20-26-42)41-23-17-30(18-24-41)40-21-8-7-9-22-40/h11-16,28-31H,3-10,17-27H2,1-2H3. The van der Waals surface area contributed by atoms with Crippen LogP contribution in [-0.4, -0.2) is 87.4 Å². The zero-order chi connectivity index (χ0) is 32.6. The van der Waals surface area contributed by atoms with Crippen molar-refractivity contribution in [1.82, 2.24) is 14.8 Å². The second-order valence-electron chi connectivity index (χ2n) is 13.7. The van der Waals surface area contributed by atoms with Crippen molar-refractivity contribution in [3.05, 3.63) is 48.7 Å². The smallest absolute Gasteiger partial charge is 0.210 e. The minimum atomic E-state index is -3.81.